The zero-order chi connectivity index (χ0) is 14.0. The van der Waals surface area contributed by atoms with Crippen molar-refractivity contribution in [2.24, 2.45) is 5.92 Å². The van der Waals surface area contributed by atoms with Gasteiger partial charge in [-0.3, -0.25) is 0 Å². The van der Waals surface area contributed by atoms with Gasteiger partial charge in [-0.25, -0.2) is 0 Å². The van der Waals surface area contributed by atoms with Gasteiger partial charge in [0, 0.05) is 6.04 Å². The maximum Gasteiger partial charge on any atom is 0.00671 e. The number of nitrogens with zero attached hydrogens (tertiary/aromatic N) is 1. The van der Waals surface area contributed by atoms with Crippen molar-refractivity contribution in [3.8, 4) is 0 Å². The van der Waals surface area contributed by atoms with E-state index in [1.54, 1.807) is 0 Å². The summed E-state index contributed by atoms with van der Waals surface area (Å²) in [5, 5.41) is 3.84. The normalized spacial score (nSPS) is 29.2. The summed E-state index contributed by atoms with van der Waals surface area (Å²) in [6.45, 7) is 7.59. The minimum atomic E-state index is 0.818. The molecule has 0 spiro atoms. The van der Waals surface area contributed by atoms with Crippen LogP contribution < -0.4 is 5.32 Å². The minimum Gasteiger partial charge on any atom is -0.314 e. The van der Waals surface area contributed by atoms with Gasteiger partial charge in [0.2, 0.25) is 0 Å². The van der Waals surface area contributed by atoms with Crippen LogP contribution in [-0.4, -0.2) is 37.1 Å². The number of hydrogen-bond donors (Lipinski definition) is 1. The van der Waals surface area contributed by atoms with E-state index in [0.717, 1.165) is 12.0 Å². The number of rotatable bonds is 7. The molecule has 20 heavy (non-hydrogen) atoms. The number of likely N-dealkylation sites (tertiary alicyclic amines) is 1. The van der Waals surface area contributed by atoms with Gasteiger partial charge >= 0.3 is 0 Å². The second kappa shape index (κ2) is 9.78. The van der Waals surface area contributed by atoms with Gasteiger partial charge in [-0.05, 0) is 70.6 Å². The summed E-state index contributed by atoms with van der Waals surface area (Å²) in [6, 6.07) is 0.818. The fourth-order valence-corrected chi connectivity index (χ4v) is 4.07. The fourth-order valence-electron chi connectivity index (χ4n) is 4.07. The summed E-state index contributed by atoms with van der Waals surface area (Å²) in [4.78, 5) is 2.66. The third kappa shape index (κ3) is 6.13. The van der Waals surface area contributed by atoms with Gasteiger partial charge in [-0.1, -0.05) is 39.0 Å². The largest absolute Gasteiger partial charge is 0.314 e. The summed E-state index contributed by atoms with van der Waals surface area (Å²) < 4.78 is 0. The first-order valence-corrected chi connectivity index (χ1v) is 9.34. The maximum absolute atomic E-state index is 3.84. The molecule has 2 heteroatoms. The Balaban J connectivity index is 1.52. The number of hydrogen-bond acceptors (Lipinski definition) is 2. The molecule has 2 fully saturated rings. The lowest BCUT2D eigenvalue weighted by molar-refractivity contribution is 0.224. The molecule has 0 amide bonds. The highest BCUT2D eigenvalue weighted by Crippen LogP contribution is 2.26. The Morgan fingerprint density at radius 2 is 1.80 bits per heavy atom. The standard InChI is InChI=1S/C18H36N2/c1-2-8-17-9-6-10-18(12-11-17)19-13-7-16-20-14-4-3-5-15-20/h17-19H,2-16H2,1H3. The average molecular weight is 280 g/mol. The lowest BCUT2D eigenvalue weighted by atomic mass is 9.95. The van der Waals surface area contributed by atoms with Crippen LogP contribution in [0.4, 0.5) is 0 Å². The van der Waals surface area contributed by atoms with Gasteiger partial charge in [0.05, 0.1) is 0 Å². The highest BCUT2D eigenvalue weighted by atomic mass is 15.1. The first-order chi connectivity index (χ1) is 9.88. The smallest absolute Gasteiger partial charge is 0.00671 e. The van der Waals surface area contributed by atoms with Gasteiger partial charge in [-0.2, -0.15) is 0 Å². The predicted molar refractivity (Wildman–Crippen MR) is 88.2 cm³/mol. The van der Waals surface area contributed by atoms with Gasteiger partial charge in [0.1, 0.15) is 0 Å². The molecule has 1 saturated heterocycles. The van der Waals surface area contributed by atoms with E-state index in [1.165, 1.54) is 96.8 Å². The Bertz CT molecular complexity index is 236. The van der Waals surface area contributed by atoms with Crippen LogP contribution in [0.5, 0.6) is 0 Å². The molecule has 0 aromatic rings. The molecular weight excluding hydrogens is 244 g/mol. The van der Waals surface area contributed by atoms with Gasteiger partial charge in [0.25, 0.3) is 0 Å². The van der Waals surface area contributed by atoms with Crippen molar-refractivity contribution >= 4 is 0 Å². The fraction of sp³-hybridized carbons (Fsp3) is 1.00. The molecule has 1 heterocycles. The molecule has 1 saturated carbocycles. The molecule has 2 rings (SSSR count). The lowest BCUT2D eigenvalue weighted by Crippen LogP contribution is -2.34. The van der Waals surface area contributed by atoms with Crippen molar-refractivity contribution in [1.82, 2.24) is 10.2 Å². The van der Waals surface area contributed by atoms with Gasteiger partial charge in [0.15, 0.2) is 0 Å². The predicted octanol–water partition coefficient (Wildman–Crippen LogP) is 4.20. The number of piperidine rings is 1. The van der Waals surface area contributed by atoms with Crippen LogP contribution >= 0.6 is 0 Å². The summed E-state index contributed by atoms with van der Waals surface area (Å²) in [5.74, 6) is 1.03. The summed E-state index contributed by atoms with van der Waals surface area (Å²) in [5.41, 5.74) is 0. The van der Waals surface area contributed by atoms with Crippen molar-refractivity contribution in [2.45, 2.75) is 83.6 Å². The zero-order valence-electron chi connectivity index (χ0n) is 13.7. The quantitative estimate of drug-likeness (QED) is 0.555. The van der Waals surface area contributed by atoms with Crippen molar-refractivity contribution in [3.05, 3.63) is 0 Å². The summed E-state index contributed by atoms with van der Waals surface area (Å²) >= 11 is 0. The summed E-state index contributed by atoms with van der Waals surface area (Å²) in [6.07, 6.45) is 15.7. The van der Waals surface area contributed by atoms with Gasteiger partial charge < -0.3 is 10.2 Å². The molecule has 1 aliphatic carbocycles. The Hall–Kier alpha value is -0.0800. The molecule has 1 N–H and O–H groups in total. The molecule has 2 atom stereocenters. The Morgan fingerprint density at radius 1 is 0.950 bits per heavy atom. The Morgan fingerprint density at radius 3 is 2.60 bits per heavy atom. The van der Waals surface area contributed by atoms with E-state index in [4.69, 9.17) is 0 Å². The molecule has 2 aliphatic rings. The molecular formula is C18H36N2. The van der Waals surface area contributed by atoms with Crippen LogP contribution in [0.15, 0.2) is 0 Å². The molecule has 2 unspecified atom stereocenters. The van der Waals surface area contributed by atoms with Crippen LogP contribution in [0.25, 0.3) is 0 Å². The molecule has 1 aliphatic heterocycles. The molecule has 0 aromatic heterocycles. The Labute approximate surface area is 126 Å². The van der Waals surface area contributed by atoms with Crippen LogP contribution in [0.1, 0.15) is 77.6 Å². The number of nitrogens with one attached hydrogen (secondary N) is 1. The van der Waals surface area contributed by atoms with Crippen molar-refractivity contribution in [3.63, 3.8) is 0 Å². The third-order valence-electron chi connectivity index (χ3n) is 5.32. The van der Waals surface area contributed by atoms with E-state index >= 15 is 0 Å². The average Bonchev–Trinajstić information content (AvgIpc) is 2.71. The van der Waals surface area contributed by atoms with Crippen LogP contribution in [0.2, 0.25) is 0 Å². The van der Waals surface area contributed by atoms with Crippen molar-refractivity contribution in [2.75, 3.05) is 26.2 Å². The zero-order valence-corrected chi connectivity index (χ0v) is 13.7. The first kappa shape index (κ1) is 16.3. The lowest BCUT2D eigenvalue weighted by Gasteiger charge is -2.26. The second-order valence-corrected chi connectivity index (χ2v) is 7.07. The third-order valence-corrected chi connectivity index (χ3v) is 5.32. The van der Waals surface area contributed by atoms with E-state index in [2.05, 4.69) is 17.1 Å². The van der Waals surface area contributed by atoms with Crippen molar-refractivity contribution in [1.29, 1.82) is 0 Å². The maximum atomic E-state index is 3.84. The van der Waals surface area contributed by atoms with Crippen LogP contribution in [0, 0.1) is 5.92 Å². The SMILES string of the molecule is CCCC1CCCC(NCCCN2CCCCC2)CC1. The van der Waals surface area contributed by atoms with E-state index in [-0.39, 0.29) is 0 Å². The topological polar surface area (TPSA) is 15.3 Å². The van der Waals surface area contributed by atoms with E-state index < -0.39 is 0 Å². The molecule has 0 bridgehead atoms. The second-order valence-electron chi connectivity index (χ2n) is 7.07. The Kier molecular flexibility index (Phi) is 7.97. The highest BCUT2D eigenvalue weighted by Gasteiger charge is 2.17. The monoisotopic (exact) mass is 280 g/mol. The van der Waals surface area contributed by atoms with Crippen LogP contribution in [-0.2, 0) is 0 Å². The molecule has 2 nitrogen and oxygen atoms in total. The van der Waals surface area contributed by atoms with E-state index in [0.29, 0.717) is 0 Å². The minimum absolute atomic E-state index is 0.818. The molecule has 0 aromatic carbocycles. The van der Waals surface area contributed by atoms with E-state index in [1.807, 2.05) is 0 Å². The molecule has 118 valence electrons. The van der Waals surface area contributed by atoms with Crippen LogP contribution in [0.3, 0.4) is 0 Å². The molecule has 0 radical (unpaired) electrons. The highest BCUT2D eigenvalue weighted by molar-refractivity contribution is 4.75. The first-order valence-electron chi connectivity index (χ1n) is 9.34. The summed E-state index contributed by atoms with van der Waals surface area (Å²) in [7, 11) is 0. The van der Waals surface area contributed by atoms with Gasteiger partial charge in [-0.15, -0.1) is 0 Å². The van der Waals surface area contributed by atoms with E-state index in [9.17, 15) is 0 Å². The van der Waals surface area contributed by atoms with Crippen molar-refractivity contribution < 1.29 is 0 Å².